The second-order valence-electron chi connectivity index (χ2n) is 10.9. The summed E-state index contributed by atoms with van der Waals surface area (Å²) in [6.07, 6.45) is 1.47. The van der Waals surface area contributed by atoms with E-state index >= 15 is 0 Å². The molecule has 268 valence electrons. The number of nitrogens with two attached hydrogens (primary N) is 1. The van der Waals surface area contributed by atoms with Gasteiger partial charge in [0.15, 0.2) is 0 Å². The zero-order valence-electron chi connectivity index (χ0n) is 26.6. The van der Waals surface area contributed by atoms with Crippen LogP contribution in [0.25, 0.3) is 0 Å². The van der Waals surface area contributed by atoms with Crippen LogP contribution in [-0.2, 0) is 46.4 Å². The van der Waals surface area contributed by atoms with Gasteiger partial charge in [-0.25, -0.2) is 4.98 Å². The topological polar surface area (TPSA) is 287 Å². The molecule has 7 amide bonds. The maximum absolute atomic E-state index is 13.4. The van der Waals surface area contributed by atoms with E-state index in [1.807, 2.05) is 0 Å². The number of thiol groups is 2. The first-order valence-electron chi connectivity index (χ1n) is 14.8. The molecule has 2 aromatic rings. The monoisotopic (exact) mass is 723 g/mol. The normalized spacial score (nSPS) is 14.5. The highest BCUT2D eigenvalue weighted by Gasteiger charge is 2.31. The predicted molar refractivity (Wildman–Crippen MR) is 181 cm³/mol. The molecule has 6 atom stereocenters. The Morgan fingerprint density at radius 3 is 1.92 bits per heavy atom. The molecule has 1 aromatic heterocycles. The second-order valence-corrected chi connectivity index (χ2v) is 11.6. The fourth-order valence-electron chi connectivity index (χ4n) is 4.27. The summed E-state index contributed by atoms with van der Waals surface area (Å²) in [4.78, 5) is 94.8. The van der Waals surface area contributed by atoms with Crippen LogP contribution in [0.5, 0.6) is 5.75 Å². The van der Waals surface area contributed by atoms with E-state index in [-0.39, 0.29) is 30.1 Å². The van der Waals surface area contributed by atoms with E-state index in [0.29, 0.717) is 11.3 Å². The molecular weight excluding hydrogens is 683 g/mol. The van der Waals surface area contributed by atoms with E-state index in [9.17, 15) is 43.8 Å². The van der Waals surface area contributed by atoms with Crippen LogP contribution in [0.4, 0.5) is 0 Å². The molecule has 1 heterocycles. The molecule has 18 nitrogen and oxygen atoms in total. The minimum atomic E-state index is -1.35. The lowest BCUT2D eigenvalue weighted by atomic mass is 10.0. The van der Waals surface area contributed by atoms with Crippen LogP contribution in [0.15, 0.2) is 36.8 Å². The minimum Gasteiger partial charge on any atom is -0.508 e. The van der Waals surface area contributed by atoms with Gasteiger partial charge in [-0.3, -0.25) is 33.6 Å². The summed E-state index contributed by atoms with van der Waals surface area (Å²) in [5, 5.41) is 33.9. The van der Waals surface area contributed by atoms with Gasteiger partial charge in [-0.05, 0) is 24.6 Å². The summed E-state index contributed by atoms with van der Waals surface area (Å²) in [5.74, 6) is -5.95. The number of aliphatic hydroxyl groups is 1. The Hall–Kier alpha value is -4.82. The van der Waals surface area contributed by atoms with Crippen LogP contribution in [0.3, 0.4) is 0 Å². The highest BCUT2D eigenvalue weighted by atomic mass is 32.1. The second kappa shape index (κ2) is 19.9. The standard InChI is InChI=1S/C29H41N9O9S2/c1-14(39)24(34-15(2)40)29(47)38-21(11-48)26(44)32-10-23(42)35-20(7-16-3-5-18(41)6-4-16)27(45)37-22(12-49)28(46)36-19(25(30)43)8-17-9-31-13-33-17/h3-6,9,13-14,19-22,24,39,41,48-49H,7-8,10-12H2,1-2H3,(H2,30,43)(H,31,33)(H,32,44)(H,34,40)(H,35,42)(H,36,46)(H,37,45)(H,38,47)/t14-,19+,20+,21+,22+,24+/m1/s1. The number of benzene rings is 1. The van der Waals surface area contributed by atoms with Gasteiger partial charge in [0.1, 0.15) is 36.0 Å². The molecule has 2 rings (SSSR count). The van der Waals surface area contributed by atoms with Crippen molar-refractivity contribution >= 4 is 66.6 Å². The van der Waals surface area contributed by atoms with Crippen LogP contribution in [0, 0.1) is 0 Å². The summed E-state index contributed by atoms with van der Waals surface area (Å²) in [6, 6.07) is -0.538. The number of nitrogens with one attached hydrogen (secondary N) is 7. The maximum atomic E-state index is 13.4. The zero-order chi connectivity index (χ0) is 36.7. The van der Waals surface area contributed by atoms with Crippen LogP contribution in [0.1, 0.15) is 25.1 Å². The number of carbonyl (C=O) groups excluding carboxylic acids is 7. The molecule has 0 aliphatic rings. The number of rotatable bonds is 19. The summed E-state index contributed by atoms with van der Waals surface area (Å²) in [6.45, 7) is 1.78. The number of hydrogen-bond acceptors (Lipinski definition) is 12. The Morgan fingerprint density at radius 2 is 1.39 bits per heavy atom. The average Bonchev–Trinajstić information content (AvgIpc) is 3.56. The quantitative estimate of drug-likeness (QED) is 0.0628. The van der Waals surface area contributed by atoms with Gasteiger partial charge in [0.25, 0.3) is 0 Å². The van der Waals surface area contributed by atoms with E-state index in [0.717, 1.165) is 6.92 Å². The van der Waals surface area contributed by atoms with E-state index in [4.69, 9.17) is 5.73 Å². The molecule has 0 saturated heterocycles. The van der Waals surface area contributed by atoms with Gasteiger partial charge in [0, 0.05) is 43.2 Å². The van der Waals surface area contributed by atoms with Crippen molar-refractivity contribution in [3.8, 4) is 5.75 Å². The number of aliphatic hydroxyl groups excluding tert-OH is 1. The molecule has 0 spiro atoms. The third-order valence-corrected chi connectivity index (χ3v) is 7.57. The minimum absolute atomic E-state index is 0.00770. The number of carbonyl (C=O) groups is 7. The number of nitrogens with zero attached hydrogens (tertiary/aromatic N) is 1. The highest BCUT2D eigenvalue weighted by molar-refractivity contribution is 7.80. The van der Waals surface area contributed by atoms with Crippen molar-refractivity contribution in [2.75, 3.05) is 18.1 Å². The lowest BCUT2D eigenvalue weighted by Gasteiger charge is -2.24. The summed E-state index contributed by atoms with van der Waals surface area (Å²) in [7, 11) is 0. The van der Waals surface area contributed by atoms with Crippen molar-refractivity contribution in [1.82, 2.24) is 41.9 Å². The van der Waals surface area contributed by atoms with Crippen LogP contribution in [-0.4, -0.2) is 116 Å². The largest absolute Gasteiger partial charge is 0.508 e. The number of amides is 7. The molecule has 0 bridgehead atoms. The van der Waals surface area contributed by atoms with Crippen molar-refractivity contribution in [2.45, 2.75) is 63.0 Å². The number of phenols is 1. The van der Waals surface area contributed by atoms with Gasteiger partial charge >= 0.3 is 0 Å². The van der Waals surface area contributed by atoms with Crippen LogP contribution >= 0.6 is 25.3 Å². The average molecular weight is 724 g/mol. The number of aromatic nitrogens is 2. The highest BCUT2D eigenvalue weighted by Crippen LogP contribution is 2.12. The Balaban J connectivity index is 2.11. The Bertz CT molecular complexity index is 1460. The Morgan fingerprint density at radius 1 is 0.816 bits per heavy atom. The molecule has 49 heavy (non-hydrogen) atoms. The van der Waals surface area contributed by atoms with Gasteiger partial charge in [-0.2, -0.15) is 25.3 Å². The fraction of sp³-hybridized carbons (Fsp3) is 0.448. The first-order valence-corrected chi connectivity index (χ1v) is 16.1. The molecule has 0 aliphatic carbocycles. The summed E-state index contributed by atoms with van der Waals surface area (Å²) >= 11 is 8.20. The summed E-state index contributed by atoms with van der Waals surface area (Å²) in [5.41, 5.74) is 6.49. The van der Waals surface area contributed by atoms with E-state index in [1.165, 1.54) is 43.7 Å². The predicted octanol–water partition coefficient (Wildman–Crippen LogP) is -3.81. The molecule has 20 heteroatoms. The maximum Gasteiger partial charge on any atom is 0.245 e. The number of hydrogen-bond donors (Lipinski definition) is 12. The third-order valence-electron chi connectivity index (χ3n) is 6.84. The lowest BCUT2D eigenvalue weighted by molar-refractivity contribution is -0.134. The van der Waals surface area contributed by atoms with E-state index in [2.05, 4.69) is 67.1 Å². The molecule has 0 saturated carbocycles. The van der Waals surface area contributed by atoms with Gasteiger partial charge < -0.3 is 52.8 Å². The molecule has 1 aromatic carbocycles. The van der Waals surface area contributed by atoms with E-state index < -0.39 is 84.2 Å². The number of primary amides is 1. The number of aromatic hydroxyl groups is 1. The van der Waals surface area contributed by atoms with Gasteiger partial charge in [-0.15, -0.1) is 0 Å². The molecule has 0 unspecified atom stereocenters. The Labute approximate surface area is 292 Å². The lowest BCUT2D eigenvalue weighted by Crippen LogP contribution is -2.59. The number of phenolic OH excluding ortho intramolecular Hbond substituents is 1. The molecule has 0 fully saturated rings. The van der Waals surface area contributed by atoms with Crippen LogP contribution < -0.4 is 37.6 Å². The van der Waals surface area contributed by atoms with Crippen molar-refractivity contribution in [3.05, 3.63) is 48.0 Å². The van der Waals surface area contributed by atoms with Crippen LogP contribution in [0.2, 0.25) is 0 Å². The third kappa shape index (κ3) is 13.7. The number of aromatic amines is 1. The van der Waals surface area contributed by atoms with Gasteiger partial charge in [-0.1, -0.05) is 12.1 Å². The first kappa shape index (κ1) is 40.4. The first-order chi connectivity index (χ1) is 23.1. The fourth-order valence-corrected chi connectivity index (χ4v) is 4.78. The zero-order valence-corrected chi connectivity index (χ0v) is 28.4. The smallest absolute Gasteiger partial charge is 0.245 e. The SMILES string of the molecule is CC(=O)N[C@H](C(=O)N[C@@H](CS)C(=O)NCC(=O)N[C@@H](Cc1ccc(O)cc1)C(=O)N[C@@H](CS)C(=O)N[C@@H](Cc1cnc[nH]1)C(N)=O)[C@@H](C)O. The Kier molecular flexibility index (Phi) is 16.4. The van der Waals surface area contributed by atoms with Crippen molar-refractivity contribution in [1.29, 1.82) is 0 Å². The van der Waals surface area contributed by atoms with Gasteiger partial charge in [0.2, 0.25) is 41.4 Å². The van der Waals surface area contributed by atoms with Crippen molar-refractivity contribution in [3.63, 3.8) is 0 Å². The molecule has 0 radical (unpaired) electrons. The van der Waals surface area contributed by atoms with E-state index in [1.54, 1.807) is 0 Å². The number of H-pyrrole nitrogens is 1. The van der Waals surface area contributed by atoms with Crippen molar-refractivity contribution < 1.29 is 43.8 Å². The molecular formula is C29H41N9O9S2. The van der Waals surface area contributed by atoms with Crippen molar-refractivity contribution in [2.24, 2.45) is 5.73 Å². The van der Waals surface area contributed by atoms with Gasteiger partial charge in [0.05, 0.1) is 19.0 Å². The molecule has 0 aliphatic heterocycles. The molecule has 11 N–H and O–H groups in total. The summed E-state index contributed by atoms with van der Waals surface area (Å²) < 4.78 is 0. The number of imidazole rings is 1.